The van der Waals surface area contributed by atoms with E-state index in [4.69, 9.17) is 4.42 Å². The maximum absolute atomic E-state index is 13.4. The van der Waals surface area contributed by atoms with Gasteiger partial charge in [-0.2, -0.15) is 0 Å². The predicted octanol–water partition coefficient (Wildman–Crippen LogP) is 4.32. The molecule has 0 saturated carbocycles. The molecule has 0 aliphatic rings. The zero-order valence-electron chi connectivity index (χ0n) is 8.72. The van der Waals surface area contributed by atoms with Crippen molar-refractivity contribution < 1.29 is 13.6 Å². The number of hydrogen-bond donors (Lipinski definition) is 0. The molecule has 0 atom stereocenters. The lowest BCUT2D eigenvalue weighted by molar-refractivity contribution is 0.0957. The molecule has 2 nitrogen and oxygen atoms in total. The molecule has 0 amide bonds. The maximum atomic E-state index is 13.4. The summed E-state index contributed by atoms with van der Waals surface area (Å²) in [6.45, 7) is 1.91. The van der Waals surface area contributed by atoms with Crippen LogP contribution in [0.25, 0.3) is 11.0 Å². The normalized spacial score (nSPS) is 10.9. The van der Waals surface area contributed by atoms with Gasteiger partial charge in [-0.05, 0) is 40.5 Å². The molecule has 2 rings (SSSR count). The van der Waals surface area contributed by atoms with Gasteiger partial charge in [-0.25, -0.2) is 4.39 Å². The summed E-state index contributed by atoms with van der Waals surface area (Å²) in [5.74, 6) is -0.245. The monoisotopic (exact) mass is 284 g/mol. The van der Waals surface area contributed by atoms with Gasteiger partial charge in [0.25, 0.3) is 0 Å². The van der Waals surface area contributed by atoms with Gasteiger partial charge in [0.1, 0.15) is 5.82 Å². The van der Waals surface area contributed by atoms with Gasteiger partial charge in [0.2, 0.25) is 0 Å². The Morgan fingerprint density at radius 1 is 1.50 bits per heavy atom. The highest BCUT2D eigenvalue weighted by atomic mass is 79.9. The number of furan rings is 1. The molecule has 16 heavy (non-hydrogen) atoms. The number of rotatable bonds is 3. The van der Waals surface area contributed by atoms with Crippen molar-refractivity contribution in [2.24, 2.45) is 0 Å². The van der Waals surface area contributed by atoms with E-state index in [1.165, 1.54) is 12.1 Å². The molecule has 1 heterocycles. The Balaban J connectivity index is 2.55. The van der Waals surface area contributed by atoms with Crippen molar-refractivity contribution in [3.8, 4) is 0 Å². The number of halogens is 2. The van der Waals surface area contributed by atoms with E-state index in [2.05, 4.69) is 15.9 Å². The van der Waals surface area contributed by atoms with E-state index >= 15 is 0 Å². The second-order valence-corrected chi connectivity index (χ2v) is 4.41. The number of ketones is 1. The highest BCUT2D eigenvalue weighted by molar-refractivity contribution is 9.10. The quantitative estimate of drug-likeness (QED) is 0.786. The lowest BCUT2D eigenvalue weighted by Gasteiger charge is -1.93. The van der Waals surface area contributed by atoms with Crippen LogP contribution < -0.4 is 0 Å². The van der Waals surface area contributed by atoms with Crippen LogP contribution in [0.5, 0.6) is 0 Å². The summed E-state index contributed by atoms with van der Waals surface area (Å²) in [4.78, 5) is 11.6. The minimum atomic E-state index is -0.377. The van der Waals surface area contributed by atoms with Gasteiger partial charge in [0.15, 0.2) is 17.1 Å². The second kappa shape index (κ2) is 4.37. The van der Waals surface area contributed by atoms with Gasteiger partial charge in [-0.1, -0.05) is 6.92 Å². The van der Waals surface area contributed by atoms with Gasteiger partial charge in [0.05, 0.1) is 9.86 Å². The Kier molecular flexibility index (Phi) is 3.10. The van der Waals surface area contributed by atoms with Crippen LogP contribution in [0.4, 0.5) is 4.39 Å². The molecule has 1 aromatic heterocycles. The topological polar surface area (TPSA) is 30.2 Å². The van der Waals surface area contributed by atoms with Crippen LogP contribution in [0, 0.1) is 5.82 Å². The summed E-state index contributed by atoms with van der Waals surface area (Å²) < 4.78 is 19.4. The fraction of sp³-hybridized carbons (Fsp3) is 0.250. The molecule has 0 aliphatic carbocycles. The third-order valence-corrected chi connectivity index (χ3v) is 2.96. The number of fused-ring (bicyclic) bond motifs is 1. The first-order chi connectivity index (χ1) is 7.63. The highest BCUT2D eigenvalue weighted by Crippen LogP contribution is 2.29. The molecular weight excluding hydrogens is 275 g/mol. The van der Waals surface area contributed by atoms with Crippen molar-refractivity contribution in [3.05, 3.63) is 34.2 Å². The Bertz CT molecular complexity index is 506. The van der Waals surface area contributed by atoms with E-state index in [-0.39, 0.29) is 17.4 Å². The molecule has 0 aliphatic heterocycles. The summed E-state index contributed by atoms with van der Waals surface area (Å²) >= 11 is 3.26. The third-order valence-electron chi connectivity index (χ3n) is 2.33. The Morgan fingerprint density at radius 3 is 2.88 bits per heavy atom. The lowest BCUT2D eigenvalue weighted by atomic mass is 10.2. The Hall–Kier alpha value is -1.16. The molecule has 0 spiro atoms. The molecule has 0 unspecified atom stereocenters. The van der Waals surface area contributed by atoms with Crippen LogP contribution >= 0.6 is 15.9 Å². The predicted molar refractivity (Wildman–Crippen MR) is 63.1 cm³/mol. The van der Waals surface area contributed by atoms with E-state index in [9.17, 15) is 9.18 Å². The molecule has 0 bridgehead atoms. The van der Waals surface area contributed by atoms with Crippen molar-refractivity contribution in [1.82, 2.24) is 0 Å². The summed E-state index contributed by atoms with van der Waals surface area (Å²) in [6.07, 6.45) is 1.17. The number of benzene rings is 1. The number of carbonyl (C=O) groups is 1. The van der Waals surface area contributed by atoms with E-state index < -0.39 is 0 Å². The molecule has 84 valence electrons. The van der Waals surface area contributed by atoms with Gasteiger partial charge in [0, 0.05) is 6.42 Å². The van der Waals surface area contributed by atoms with E-state index in [1.54, 1.807) is 6.07 Å². The lowest BCUT2D eigenvalue weighted by Crippen LogP contribution is -1.94. The zero-order chi connectivity index (χ0) is 11.7. The molecule has 0 radical (unpaired) electrons. The summed E-state index contributed by atoms with van der Waals surface area (Å²) in [7, 11) is 0. The second-order valence-electron chi connectivity index (χ2n) is 3.56. The van der Waals surface area contributed by atoms with Crippen LogP contribution in [0.15, 0.2) is 27.1 Å². The SMILES string of the molecule is CCCC(=O)c1cc2c(F)ccc(Br)c2o1. The minimum Gasteiger partial charge on any atom is -0.452 e. The van der Waals surface area contributed by atoms with Crippen LogP contribution in [-0.2, 0) is 0 Å². The zero-order valence-corrected chi connectivity index (χ0v) is 10.3. The molecule has 4 heteroatoms. The van der Waals surface area contributed by atoms with Crippen molar-refractivity contribution >= 4 is 32.7 Å². The summed E-state index contributed by atoms with van der Waals surface area (Å²) in [6, 6.07) is 4.37. The fourth-order valence-corrected chi connectivity index (χ4v) is 1.97. The maximum Gasteiger partial charge on any atom is 0.198 e. The number of hydrogen-bond acceptors (Lipinski definition) is 2. The Morgan fingerprint density at radius 2 is 2.25 bits per heavy atom. The van der Waals surface area contributed by atoms with Crippen LogP contribution in [0.2, 0.25) is 0 Å². The van der Waals surface area contributed by atoms with Crippen LogP contribution in [0.1, 0.15) is 30.3 Å². The fourth-order valence-electron chi connectivity index (χ4n) is 1.55. The van der Waals surface area contributed by atoms with Crippen molar-refractivity contribution in [1.29, 1.82) is 0 Å². The largest absolute Gasteiger partial charge is 0.452 e. The van der Waals surface area contributed by atoms with Crippen molar-refractivity contribution in [3.63, 3.8) is 0 Å². The standard InChI is InChI=1S/C12H10BrFO2/c1-2-3-10(15)11-6-7-9(14)5-4-8(13)12(7)16-11/h4-6H,2-3H2,1H3. The average molecular weight is 285 g/mol. The van der Waals surface area contributed by atoms with Gasteiger partial charge < -0.3 is 4.42 Å². The summed E-state index contributed by atoms with van der Waals surface area (Å²) in [5, 5.41) is 0.342. The minimum absolute atomic E-state index is 0.0926. The van der Waals surface area contributed by atoms with Crippen molar-refractivity contribution in [2.45, 2.75) is 19.8 Å². The van der Waals surface area contributed by atoms with Gasteiger partial charge in [-0.15, -0.1) is 0 Å². The van der Waals surface area contributed by atoms with Gasteiger partial charge in [-0.3, -0.25) is 4.79 Å². The van der Waals surface area contributed by atoms with Crippen LogP contribution in [0.3, 0.4) is 0 Å². The molecule has 0 N–H and O–H groups in total. The van der Waals surface area contributed by atoms with Crippen LogP contribution in [-0.4, -0.2) is 5.78 Å². The number of carbonyl (C=O) groups excluding carboxylic acids is 1. The molecule has 2 aromatic rings. The highest BCUT2D eigenvalue weighted by Gasteiger charge is 2.15. The molecule has 1 aromatic carbocycles. The number of Topliss-reactive ketones (excluding diaryl/α,β-unsaturated/α-hetero) is 1. The Labute approximate surface area is 101 Å². The smallest absolute Gasteiger partial charge is 0.198 e. The molecular formula is C12H10BrFO2. The van der Waals surface area contributed by atoms with Crippen molar-refractivity contribution in [2.75, 3.05) is 0 Å². The first-order valence-corrected chi connectivity index (χ1v) is 5.83. The van der Waals surface area contributed by atoms with E-state index in [0.29, 0.717) is 21.9 Å². The van der Waals surface area contributed by atoms with E-state index in [0.717, 1.165) is 6.42 Å². The first-order valence-electron chi connectivity index (χ1n) is 5.04. The first kappa shape index (κ1) is 11.3. The summed E-state index contributed by atoms with van der Waals surface area (Å²) in [5.41, 5.74) is 0.388. The molecule has 0 fully saturated rings. The average Bonchev–Trinajstić information content (AvgIpc) is 2.70. The molecule has 0 saturated heterocycles. The van der Waals surface area contributed by atoms with Gasteiger partial charge >= 0.3 is 0 Å². The van der Waals surface area contributed by atoms with E-state index in [1.807, 2.05) is 6.92 Å². The third kappa shape index (κ3) is 1.89.